The van der Waals surface area contributed by atoms with Gasteiger partial charge in [0.2, 0.25) is 0 Å². The zero-order chi connectivity index (χ0) is 27.4. The van der Waals surface area contributed by atoms with Crippen LogP contribution in [0.2, 0.25) is 5.02 Å². The molecule has 200 valence electrons. The lowest BCUT2D eigenvalue weighted by molar-refractivity contribution is -0.137. The summed E-state index contributed by atoms with van der Waals surface area (Å²) in [6.07, 6.45) is 1.13. The summed E-state index contributed by atoms with van der Waals surface area (Å²) in [7, 11) is 0. The number of aliphatic imine (C=N–C) groups is 1. The average molecular weight is 546 g/mol. The van der Waals surface area contributed by atoms with Crippen molar-refractivity contribution in [1.82, 2.24) is 19.6 Å². The van der Waals surface area contributed by atoms with Gasteiger partial charge in [-0.05, 0) is 51.7 Å². The lowest BCUT2D eigenvalue weighted by atomic mass is 10.0. The Hall–Kier alpha value is -3.44. The molecule has 5 rings (SSSR count). The molecule has 0 bridgehead atoms. The molecule has 1 fully saturated rings. The molecule has 0 spiro atoms. The number of nitrogens with one attached hydrogen (secondary N) is 2. The minimum Gasteiger partial charge on any atom is -0.384 e. The maximum atomic E-state index is 13.1. The van der Waals surface area contributed by atoms with Crippen LogP contribution < -0.4 is 5.32 Å². The van der Waals surface area contributed by atoms with Gasteiger partial charge in [-0.2, -0.15) is 23.4 Å². The first-order valence-electron chi connectivity index (χ1n) is 12.2. The van der Waals surface area contributed by atoms with E-state index in [4.69, 9.17) is 22.1 Å². The molecule has 0 amide bonds. The van der Waals surface area contributed by atoms with E-state index in [0.29, 0.717) is 57.9 Å². The van der Waals surface area contributed by atoms with Crippen LogP contribution in [0.3, 0.4) is 0 Å². The first kappa shape index (κ1) is 26.2. The Morgan fingerprint density at radius 3 is 2.45 bits per heavy atom. The second-order valence-electron chi connectivity index (χ2n) is 10.2. The van der Waals surface area contributed by atoms with Crippen molar-refractivity contribution in [1.29, 1.82) is 5.41 Å². The van der Waals surface area contributed by atoms with Crippen LogP contribution in [-0.2, 0) is 24.7 Å². The highest BCUT2D eigenvalue weighted by molar-refractivity contribution is 6.32. The van der Waals surface area contributed by atoms with E-state index >= 15 is 0 Å². The van der Waals surface area contributed by atoms with Gasteiger partial charge in [-0.1, -0.05) is 23.7 Å². The van der Waals surface area contributed by atoms with Crippen molar-refractivity contribution >= 4 is 35.3 Å². The molecule has 1 aromatic carbocycles. The van der Waals surface area contributed by atoms with Crippen molar-refractivity contribution < 1.29 is 18.3 Å². The third-order valence-electron chi connectivity index (χ3n) is 6.49. The van der Waals surface area contributed by atoms with Crippen LogP contribution in [-0.4, -0.2) is 36.7 Å². The molecule has 0 atom stereocenters. The molecule has 2 aromatic heterocycles. The zero-order valence-corrected chi connectivity index (χ0v) is 21.8. The molecule has 1 aliphatic heterocycles. The number of benzene rings is 1. The number of rotatable bonds is 5. The van der Waals surface area contributed by atoms with E-state index < -0.39 is 17.3 Å². The lowest BCUT2D eigenvalue weighted by Crippen LogP contribution is -2.22. The molecule has 8 nitrogen and oxygen atoms in total. The number of nitrogens with zero attached hydrogens (tertiary/aromatic N) is 5. The number of anilines is 1. The predicted octanol–water partition coefficient (Wildman–Crippen LogP) is 5.88. The third-order valence-corrected chi connectivity index (χ3v) is 6.95. The highest BCUT2D eigenvalue weighted by atomic mass is 35.5. The van der Waals surface area contributed by atoms with Crippen LogP contribution in [0.15, 0.2) is 35.3 Å². The Morgan fingerprint density at radius 1 is 1.16 bits per heavy atom. The molecule has 1 saturated carbocycles. The first-order chi connectivity index (χ1) is 17.8. The van der Waals surface area contributed by atoms with E-state index in [-0.39, 0.29) is 11.7 Å². The summed E-state index contributed by atoms with van der Waals surface area (Å²) in [6.45, 7) is 5.53. The van der Waals surface area contributed by atoms with Crippen LogP contribution in [0, 0.1) is 18.3 Å². The standard InChI is InChI=1S/C26H27ClF3N7O/c1-14-21(27)23(25(2,3)38)37(34-14)20-12-19(31)33-24-18(10-11-32-20)22(35-36(24)13-15-4-5-15)16-6-8-17(9-7-16)26(28,29)30/h6-9,11-12,15,38H,4-5,10,13H2,1-3H3,(H2,31,33)/b20-12+,32-11-. The van der Waals surface area contributed by atoms with Gasteiger partial charge in [-0.3, -0.25) is 5.41 Å². The van der Waals surface area contributed by atoms with Gasteiger partial charge in [0.1, 0.15) is 17.3 Å². The number of hydrogen-bond donors (Lipinski definition) is 3. The van der Waals surface area contributed by atoms with Crippen LogP contribution >= 0.6 is 11.6 Å². The van der Waals surface area contributed by atoms with Crippen LogP contribution in [0.1, 0.15) is 49.2 Å². The summed E-state index contributed by atoms with van der Waals surface area (Å²) in [5, 5.41) is 32.0. The molecule has 3 N–H and O–H groups in total. The monoisotopic (exact) mass is 545 g/mol. The SMILES string of the molecule is Cc1nn(C2=C/C(=N)Nc3c(c(-c4ccc(C(F)(F)F)cc4)nn3CC3CC3)C/C=N\2)c(C(C)(C)O)c1Cl. The van der Waals surface area contributed by atoms with E-state index in [1.54, 1.807) is 31.7 Å². The number of amidine groups is 1. The van der Waals surface area contributed by atoms with Crippen molar-refractivity contribution in [2.75, 3.05) is 5.32 Å². The molecule has 12 heteroatoms. The van der Waals surface area contributed by atoms with Crippen molar-refractivity contribution in [3.8, 4) is 11.3 Å². The summed E-state index contributed by atoms with van der Waals surface area (Å²) in [5.74, 6) is 1.34. The van der Waals surface area contributed by atoms with Crippen molar-refractivity contribution in [2.45, 2.75) is 58.4 Å². The summed E-state index contributed by atoms with van der Waals surface area (Å²) in [6, 6.07) is 4.91. The molecule has 0 radical (unpaired) electrons. The van der Waals surface area contributed by atoms with E-state index in [2.05, 4.69) is 15.4 Å². The molecular weight excluding hydrogens is 519 g/mol. The highest BCUT2D eigenvalue weighted by Gasteiger charge is 2.32. The van der Waals surface area contributed by atoms with Crippen LogP contribution in [0.5, 0.6) is 0 Å². The van der Waals surface area contributed by atoms with Gasteiger partial charge in [0, 0.05) is 36.4 Å². The largest absolute Gasteiger partial charge is 0.416 e. The van der Waals surface area contributed by atoms with E-state index in [1.807, 2.05) is 0 Å². The Kier molecular flexibility index (Phi) is 6.47. The number of aromatic nitrogens is 4. The van der Waals surface area contributed by atoms with Crippen molar-refractivity contribution in [3.05, 3.63) is 57.9 Å². The van der Waals surface area contributed by atoms with Gasteiger partial charge >= 0.3 is 6.18 Å². The van der Waals surface area contributed by atoms with Gasteiger partial charge < -0.3 is 10.4 Å². The number of halogens is 4. The second kappa shape index (κ2) is 9.39. The smallest absolute Gasteiger partial charge is 0.384 e. The lowest BCUT2D eigenvalue weighted by Gasteiger charge is -2.20. The molecule has 3 aromatic rings. The van der Waals surface area contributed by atoms with Crippen LogP contribution in [0.25, 0.3) is 17.1 Å². The molecular formula is C26H27ClF3N7O. The number of hydrogen-bond acceptors (Lipinski definition) is 5. The maximum absolute atomic E-state index is 13.1. The van der Waals surface area contributed by atoms with E-state index in [1.165, 1.54) is 22.9 Å². The molecule has 3 heterocycles. The number of aliphatic hydroxyl groups is 1. The van der Waals surface area contributed by atoms with Crippen LogP contribution in [0.4, 0.5) is 19.0 Å². The predicted molar refractivity (Wildman–Crippen MR) is 140 cm³/mol. The third kappa shape index (κ3) is 5.12. The fraction of sp³-hybridized carbons (Fsp3) is 0.385. The number of fused-ring (bicyclic) bond motifs is 1. The Balaban J connectivity index is 1.57. The minimum absolute atomic E-state index is 0.00203. The van der Waals surface area contributed by atoms with Crippen molar-refractivity contribution in [2.24, 2.45) is 10.9 Å². The molecule has 0 saturated heterocycles. The van der Waals surface area contributed by atoms with Gasteiger partial charge in [0.05, 0.1) is 27.7 Å². The Labute approximate surface area is 222 Å². The quantitative estimate of drug-likeness (QED) is 0.372. The average Bonchev–Trinajstić information content (AvgIpc) is 3.49. The molecule has 1 aliphatic carbocycles. The maximum Gasteiger partial charge on any atom is 0.416 e. The highest BCUT2D eigenvalue weighted by Crippen LogP contribution is 2.37. The zero-order valence-electron chi connectivity index (χ0n) is 21.1. The van der Waals surface area contributed by atoms with Gasteiger partial charge in [-0.25, -0.2) is 14.4 Å². The Morgan fingerprint density at radius 2 is 1.84 bits per heavy atom. The first-order valence-corrected chi connectivity index (χ1v) is 12.6. The van der Waals surface area contributed by atoms with E-state index in [0.717, 1.165) is 25.0 Å². The van der Waals surface area contributed by atoms with E-state index in [9.17, 15) is 18.3 Å². The number of aryl methyl sites for hydroxylation is 1. The topological polar surface area (TPSA) is 104 Å². The normalized spacial score (nSPS) is 18.6. The minimum atomic E-state index is -4.43. The van der Waals surface area contributed by atoms with Gasteiger partial charge in [-0.15, -0.1) is 0 Å². The fourth-order valence-corrected chi connectivity index (χ4v) is 4.79. The molecule has 38 heavy (non-hydrogen) atoms. The Bertz CT molecular complexity index is 1460. The van der Waals surface area contributed by atoms with Gasteiger partial charge in [0.25, 0.3) is 0 Å². The summed E-state index contributed by atoms with van der Waals surface area (Å²) in [5.41, 5.74) is 0.570. The van der Waals surface area contributed by atoms with Crippen molar-refractivity contribution in [3.63, 3.8) is 0 Å². The number of alkyl halides is 3. The summed E-state index contributed by atoms with van der Waals surface area (Å²) >= 11 is 6.44. The summed E-state index contributed by atoms with van der Waals surface area (Å²) in [4.78, 5) is 4.56. The second-order valence-corrected chi connectivity index (χ2v) is 10.5. The molecule has 0 unspecified atom stereocenters. The van der Waals surface area contributed by atoms with Gasteiger partial charge in [0.15, 0.2) is 5.82 Å². The summed E-state index contributed by atoms with van der Waals surface area (Å²) < 4.78 is 42.6. The molecule has 2 aliphatic rings. The fourth-order valence-electron chi connectivity index (χ4n) is 4.44.